The van der Waals surface area contributed by atoms with E-state index in [9.17, 15) is 0 Å². The molecule has 4 rings (SSSR count). The molecule has 0 unspecified atom stereocenters. The highest BCUT2D eigenvalue weighted by Gasteiger charge is 2.12. The molecule has 148 valence electrons. The molecule has 8 heteroatoms. The van der Waals surface area contributed by atoms with E-state index >= 15 is 0 Å². The summed E-state index contributed by atoms with van der Waals surface area (Å²) >= 11 is 3.23. The zero-order valence-corrected chi connectivity index (χ0v) is 17.7. The normalized spacial score (nSPS) is 10.8. The summed E-state index contributed by atoms with van der Waals surface area (Å²) < 4.78 is 13.0. The highest BCUT2D eigenvalue weighted by atomic mass is 32.2. The fraction of sp³-hybridized carbons (Fsp3) is 0.190. The van der Waals surface area contributed by atoms with E-state index in [1.807, 2.05) is 60.0 Å². The van der Waals surface area contributed by atoms with Crippen LogP contribution >= 0.6 is 23.1 Å². The number of aromatic nitrogens is 4. The first-order valence-electron chi connectivity index (χ1n) is 9.12. The van der Waals surface area contributed by atoms with E-state index in [4.69, 9.17) is 14.5 Å². The molecule has 0 bridgehead atoms. The SMILES string of the molecule is CCOc1ccc(-c2nc(CSc3nncn3-c3ccccc3)cs2)cc1OC. The molecule has 0 amide bonds. The van der Waals surface area contributed by atoms with Gasteiger partial charge in [0.1, 0.15) is 11.3 Å². The van der Waals surface area contributed by atoms with Gasteiger partial charge < -0.3 is 9.47 Å². The van der Waals surface area contributed by atoms with Crippen molar-refractivity contribution in [1.29, 1.82) is 0 Å². The van der Waals surface area contributed by atoms with Crippen LogP contribution in [0.5, 0.6) is 11.5 Å². The Labute approximate surface area is 177 Å². The van der Waals surface area contributed by atoms with Gasteiger partial charge >= 0.3 is 0 Å². The topological polar surface area (TPSA) is 62.1 Å². The van der Waals surface area contributed by atoms with E-state index in [0.29, 0.717) is 12.4 Å². The van der Waals surface area contributed by atoms with Gasteiger partial charge in [-0.05, 0) is 37.3 Å². The third kappa shape index (κ3) is 4.44. The number of benzene rings is 2. The van der Waals surface area contributed by atoms with Crippen molar-refractivity contribution in [3.8, 4) is 27.8 Å². The van der Waals surface area contributed by atoms with E-state index < -0.39 is 0 Å². The summed E-state index contributed by atoms with van der Waals surface area (Å²) in [6.45, 7) is 2.55. The molecule has 0 spiro atoms. The molecule has 0 saturated carbocycles. The van der Waals surface area contributed by atoms with E-state index in [2.05, 4.69) is 15.6 Å². The average Bonchev–Trinajstić information content (AvgIpc) is 3.43. The number of rotatable bonds is 8. The van der Waals surface area contributed by atoms with E-state index in [1.54, 1.807) is 36.5 Å². The number of nitrogens with zero attached hydrogens (tertiary/aromatic N) is 4. The Morgan fingerprint density at radius 3 is 2.76 bits per heavy atom. The van der Waals surface area contributed by atoms with Crippen LogP contribution in [0, 0.1) is 0 Å². The average molecular weight is 425 g/mol. The van der Waals surface area contributed by atoms with Crippen LogP contribution in [0.2, 0.25) is 0 Å². The highest BCUT2D eigenvalue weighted by Crippen LogP contribution is 2.34. The predicted molar refractivity (Wildman–Crippen MR) is 116 cm³/mol. The van der Waals surface area contributed by atoms with Gasteiger partial charge in [0, 0.05) is 22.4 Å². The number of hydrogen-bond donors (Lipinski definition) is 0. The van der Waals surface area contributed by atoms with E-state index in [-0.39, 0.29) is 0 Å². The molecule has 0 fully saturated rings. The molecule has 0 N–H and O–H groups in total. The zero-order chi connectivity index (χ0) is 20.1. The van der Waals surface area contributed by atoms with Crippen LogP contribution in [0.15, 0.2) is 65.4 Å². The first-order valence-corrected chi connectivity index (χ1v) is 11.0. The summed E-state index contributed by atoms with van der Waals surface area (Å²) in [7, 11) is 1.65. The number of thiazole rings is 1. The molecule has 0 aliphatic carbocycles. The lowest BCUT2D eigenvalue weighted by Gasteiger charge is -2.09. The number of hydrogen-bond acceptors (Lipinski definition) is 7. The highest BCUT2D eigenvalue weighted by molar-refractivity contribution is 7.98. The van der Waals surface area contributed by atoms with Crippen molar-refractivity contribution in [2.45, 2.75) is 17.8 Å². The summed E-state index contributed by atoms with van der Waals surface area (Å²) in [6, 6.07) is 16.0. The molecule has 4 aromatic rings. The fourth-order valence-corrected chi connectivity index (χ4v) is 4.55. The van der Waals surface area contributed by atoms with Gasteiger partial charge in [-0.3, -0.25) is 4.57 Å². The lowest BCUT2D eigenvalue weighted by Crippen LogP contribution is -1.95. The number of methoxy groups -OCH3 is 1. The molecule has 0 radical (unpaired) electrons. The first kappa shape index (κ1) is 19.5. The Hall–Kier alpha value is -2.84. The molecular formula is C21H20N4O2S2. The minimum Gasteiger partial charge on any atom is -0.493 e. The quantitative estimate of drug-likeness (QED) is 0.367. The second kappa shape index (κ2) is 9.11. The molecular weight excluding hydrogens is 404 g/mol. The molecule has 2 aromatic heterocycles. The van der Waals surface area contributed by atoms with Gasteiger partial charge in [-0.1, -0.05) is 30.0 Å². The van der Waals surface area contributed by atoms with Crippen molar-refractivity contribution >= 4 is 23.1 Å². The van der Waals surface area contributed by atoms with Gasteiger partial charge in [0.2, 0.25) is 0 Å². The summed E-state index contributed by atoms with van der Waals surface area (Å²) in [4.78, 5) is 4.78. The molecule has 0 aliphatic heterocycles. The van der Waals surface area contributed by atoms with Crippen LogP contribution in [0.25, 0.3) is 16.3 Å². The Kier molecular flexibility index (Phi) is 6.12. The van der Waals surface area contributed by atoms with Crippen LogP contribution in [-0.4, -0.2) is 33.5 Å². The van der Waals surface area contributed by atoms with E-state index in [1.165, 1.54) is 0 Å². The van der Waals surface area contributed by atoms with Gasteiger partial charge in [-0.15, -0.1) is 21.5 Å². The van der Waals surface area contributed by atoms with Gasteiger partial charge in [0.15, 0.2) is 16.7 Å². The van der Waals surface area contributed by atoms with Crippen LogP contribution in [0.3, 0.4) is 0 Å². The lowest BCUT2D eigenvalue weighted by molar-refractivity contribution is 0.311. The van der Waals surface area contributed by atoms with Crippen molar-refractivity contribution in [2.75, 3.05) is 13.7 Å². The monoisotopic (exact) mass is 424 g/mol. The predicted octanol–water partition coefficient (Wildman–Crippen LogP) is 5.09. The van der Waals surface area contributed by atoms with Crippen molar-refractivity contribution in [3.05, 3.63) is 65.9 Å². The lowest BCUT2D eigenvalue weighted by atomic mass is 10.2. The third-order valence-electron chi connectivity index (χ3n) is 4.16. The Bertz CT molecular complexity index is 1080. The Morgan fingerprint density at radius 1 is 1.10 bits per heavy atom. The van der Waals surface area contributed by atoms with Gasteiger partial charge in [0.05, 0.1) is 19.4 Å². The summed E-state index contributed by atoms with van der Waals surface area (Å²) in [5.41, 5.74) is 3.06. The van der Waals surface area contributed by atoms with Gasteiger partial charge in [-0.2, -0.15) is 0 Å². The fourth-order valence-electron chi connectivity index (χ4n) is 2.81. The smallest absolute Gasteiger partial charge is 0.195 e. The zero-order valence-electron chi connectivity index (χ0n) is 16.1. The number of thioether (sulfide) groups is 1. The molecule has 2 aromatic carbocycles. The van der Waals surface area contributed by atoms with Crippen LogP contribution in [-0.2, 0) is 5.75 Å². The summed E-state index contributed by atoms with van der Waals surface area (Å²) in [6.07, 6.45) is 1.73. The molecule has 0 atom stereocenters. The second-order valence-corrected chi connectivity index (χ2v) is 7.85. The Morgan fingerprint density at radius 2 is 1.97 bits per heavy atom. The molecule has 0 aliphatic rings. The van der Waals surface area contributed by atoms with E-state index in [0.717, 1.165) is 38.6 Å². The summed E-state index contributed by atoms with van der Waals surface area (Å²) in [5, 5.41) is 12.2. The van der Waals surface area contributed by atoms with Crippen molar-refractivity contribution in [1.82, 2.24) is 19.7 Å². The van der Waals surface area contributed by atoms with Crippen molar-refractivity contribution in [3.63, 3.8) is 0 Å². The summed E-state index contributed by atoms with van der Waals surface area (Å²) in [5.74, 6) is 2.17. The van der Waals surface area contributed by atoms with Crippen LogP contribution < -0.4 is 9.47 Å². The minimum atomic E-state index is 0.599. The molecule has 6 nitrogen and oxygen atoms in total. The largest absolute Gasteiger partial charge is 0.493 e. The first-order chi connectivity index (χ1) is 14.3. The number of para-hydroxylation sites is 1. The minimum absolute atomic E-state index is 0.599. The molecule has 2 heterocycles. The number of ether oxygens (including phenoxy) is 2. The van der Waals surface area contributed by atoms with Crippen LogP contribution in [0.1, 0.15) is 12.6 Å². The van der Waals surface area contributed by atoms with Crippen molar-refractivity contribution < 1.29 is 9.47 Å². The maximum absolute atomic E-state index is 5.59. The second-order valence-electron chi connectivity index (χ2n) is 6.05. The van der Waals surface area contributed by atoms with Gasteiger partial charge in [0.25, 0.3) is 0 Å². The third-order valence-corrected chi connectivity index (χ3v) is 6.08. The van der Waals surface area contributed by atoms with Crippen molar-refractivity contribution in [2.24, 2.45) is 0 Å². The maximum atomic E-state index is 5.59. The maximum Gasteiger partial charge on any atom is 0.195 e. The molecule has 29 heavy (non-hydrogen) atoms. The standard InChI is InChI=1S/C21H20N4O2S2/c1-3-27-18-10-9-15(11-19(18)26-2)20-23-16(12-28-20)13-29-21-24-22-14-25(21)17-7-5-4-6-8-17/h4-12,14H,3,13H2,1-2H3. The molecule has 0 saturated heterocycles. The van der Waals surface area contributed by atoms with Crippen LogP contribution in [0.4, 0.5) is 0 Å². The van der Waals surface area contributed by atoms with Gasteiger partial charge in [-0.25, -0.2) is 4.98 Å². The Balaban J connectivity index is 1.48.